The van der Waals surface area contributed by atoms with Gasteiger partial charge in [-0.2, -0.15) is 0 Å². The molecular formula is C23H38N2. The van der Waals surface area contributed by atoms with Crippen LogP contribution >= 0.6 is 0 Å². The zero-order chi connectivity index (χ0) is 17.9. The van der Waals surface area contributed by atoms with Crippen molar-refractivity contribution >= 4 is 0 Å². The van der Waals surface area contributed by atoms with E-state index in [4.69, 9.17) is 0 Å². The van der Waals surface area contributed by atoms with Gasteiger partial charge >= 0.3 is 0 Å². The van der Waals surface area contributed by atoms with Crippen molar-refractivity contribution in [3.63, 3.8) is 0 Å². The molecular weight excluding hydrogens is 304 g/mol. The molecule has 0 aromatic heterocycles. The van der Waals surface area contributed by atoms with Crippen LogP contribution in [0.1, 0.15) is 65.4 Å². The van der Waals surface area contributed by atoms with Crippen LogP contribution in [0.5, 0.6) is 0 Å². The van der Waals surface area contributed by atoms with E-state index in [9.17, 15) is 0 Å². The fraction of sp³-hybridized carbons (Fsp3) is 0.739. The van der Waals surface area contributed by atoms with E-state index in [-0.39, 0.29) is 0 Å². The molecule has 3 heterocycles. The van der Waals surface area contributed by atoms with E-state index in [0.29, 0.717) is 5.41 Å². The molecule has 25 heavy (non-hydrogen) atoms. The first-order valence-corrected chi connectivity index (χ1v) is 10.8. The maximum atomic E-state index is 2.66. The van der Waals surface area contributed by atoms with Crippen LogP contribution < -0.4 is 0 Å². The fourth-order valence-electron chi connectivity index (χ4n) is 5.46. The molecule has 1 aromatic carbocycles. The van der Waals surface area contributed by atoms with Gasteiger partial charge in [-0.15, -0.1) is 0 Å². The summed E-state index contributed by atoms with van der Waals surface area (Å²) in [7, 11) is 0. The maximum Gasteiger partial charge on any atom is 0.0124 e. The van der Waals surface area contributed by atoms with Crippen LogP contribution in [-0.4, -0.2) is 48.1 Å². The van der Waals surface area contributed by atoms with Gasteiger partial charge in [-0.25, -0.2) is 0 Å². The monoisotopic (exact) mass is 342 g/mol. The Balaban J connectivity index is 0.000000143. The Kier molecular flexibility index (Phi) is 6.22. The summed E-state index contributed by atoms with van der Waals surface area (Å²) >= 11 is 0. The number of rotatable bonds is 3. The predicted molar refractivity (Wildman–Crippen MR) is 108 cm³/mol. The summed E-state index contributed by atoms with van der Waals surface area (Å²) < 4.78 is 0. The molecule has 0 amide bonds. The number of nitrogens with zero attached hydrogens (tertiary/aromatic N) is 2. The Bertz CT molecular complexity index is 514. The molecule has 2 aliphatic carbocycles. The third-order valence-corrected chi connectivity index (χ3v) is 6.93. The molecule has 1 aromatic rings. The van der Waals surface area contributed by atoms with Crippen molar-refractivity contribution in [1.29, 1.82) is 0 Å². The summed E-state index contributed by atoms with van der Waals surface area (Å²) in [5.74, 6) is 0.949. The van der Waals surface area contributed by atoms with Crippen molar-refractivity contribution < 1.29 is 0 Å². The molecule has 0 N–H and O–H groups in total. The molecule has 3 aliphatic heterocycles. The third kappa shape index (κ3) is 3.66. The zero-order valence-corrected chi connectivity index (χ0v) is 16.9. The van der Waals surface area contributed by atoms with Crippen molar-refractivity contribution in [3.8, 4) is 0 Å². The minimum Gasteiger partial charge on any atom is -0.302 e. The summed E-state index contributed by atoms with van der Waals surface area (Å²) in [6, 6.07) is 13.1. The SMILES string of the molecule is CC.CCN1C2CCCC1C2.CCN1CC2CC2(c2ccccc2)C1. The first kappa shape index (κ1) is 18.9. The molecule has 4 atom stereocenters. The van der Waals surface area contributed by atoms with E-state index in [1.54, 1.807) is 5.56 Å². The average Bonchev–Trinajstić information content (AvgIpc) is 3.27. The maximum absolute atomic E-state index is 2.66. The summed E-state index contributed by atoms with van der Waals surface area (Å²) in [6.45, 7) is 13.7. The standard InChI is InChI=1S/C13H17N.C8H15N.C2H6/c1-2-14-9-12-8-13(12,10-14)11-6-4-3-5-7-11;1-2-9-7-4-3-5-8(9)6-7;1-2/h3-7,12H,2,8-10H2,1H3;7-8H,2-6H2,1H3;1-2H3. The van der Waals surface area contributed by atoms with E-state index in [0.717, 1.165) is 18.0 Å². The quantitative estimate of drug-likeness (QED) is 0.768. The van der Waals surface area contributed by atoms with Gasteiger partial charge in [0.2, 0.25) is 0 Å². The molecule has 4 unspecified atom stereocenters. The Morgan fingerprint density at radius 3 is 2.16 bits per heavy atom. The van der Waals surface area contributed by atoms with Crippen molar-refractivity contribution in [2.24, 2.45) is 5.92 Å². The molecule has 6 rings (SSSR count). The normalized spacial score (nSPS) is 35.4. The first-order valence-electron chi connectivity index (χ1n) is 10.8. The van der Waals surface area contributed by atoms with Gasteiger partial charge in [0.05, 0.1) is 0 Å². The minimum absolute atomic E-state index is 0.553. The number of piperidine rings is 2. The summed E-state index contributed by atoms with van der Waals surface area (Å²) in [5, 5.41) is 0. The summed E-state index contributed by atoms with van der Waals surface area (Å²) in [6.07, 6.45) is 7.38. The summed E-state index contributed by atoms with van der Waals surface area (Å²) in [4.78, 5) is 5.24. The topological polar surface area (TPSA) is 6.48 Å². The Morgan fingerprint density at radius 1 is 1.00 bits per heavy atom. The fourth-order valence-corrected chi connectivity index (χ4v) is 5.46. The number of fused-ring (bicyclic) bond motifs is 3. The molecule has 140 valence electrons. The average molecular weight is 343 g/mol. The lowest BCUT2D eigenvalue weighted by molar-refractivity contribution is -0.0221. The van der Waals surface area contributed by atoms with E-state index in [1.807, 2.05) is 13.8 Å². The molecule has 0 spiro atoms. The van der Waals surface area contributed by atoms with Gasteiger partial charge in [0.15, 0.2) is 0 Å². The number of hydrogen-bond donors (Lipinski definition) is 0. The van der Waals surface area contributed by atoms with Gasteiger partial charge in [-0.1, -0.05) is 64.4 Å². The van der Waals surface area contributed by atoms with E-state index >= 15 is 0 Å². The highest BCUT2D eigenvalue weighted by atomic mass is 15.2. The molecule has 0 radical (unpaired) electrons. The van der Waals surface area contributed by atoms with Crippen molar-refractivity contribution in [2.45, 2.75) is 77.3 Å². The van der Waals surface area contributed by atoms with Gasteiger partial charge in [0.1, 0.15) is 0 Å². The van der Waals surface area contributed by atoms with Crippen LogP contribution in [0.3, 0.4) is 0 Å². The highest BCUT2D eigenvalue weighted by molar-refractivity contribution is 5.36. The summed E-state index contributed by atoms with van der Waals surface area (Å²) in [5.41, 5.74) is 2.12. The van der Waals surface area contributed by atoms with Gasteiger partial charge in [-0.3, -0.25) is 4.90 Å². The Morgan fingerprint density at radius 2 is 1.68 bits per heavy atom. The highest BCUT2D eigenvalue weighted by Crippen LogP contribution is 2.58. The second-order valence-electron chi connectivity index (χ2n) is 8.06. The van der Waals surface area contributed by atoms with Crippen LogP contribution in [0.25, 0.3) is 0 Å². The first-order chi connectivity index (χ1) is 12.3. The van der Waals surface area contributed by atoms with Gasteiger partial charge in [0.25, 0.3) is 0 Å². The largest absolute Gasteiger partial charge is 0.302 e. The van der Waals surface area contributed by atoms with Crippen molar-refractivity contribution in [1.82, 2.24) is 9.80 Å². The van der Waals surface area contributed by atoms with E-state index in [2.05, 4.69) is 54.0 Å². The lowest BCUT2D eigenvalue weighted by Crippen LogP contribution is -2.58. The van der Waals surface area contributed by atoms with Crippen LogP contribution in [0.2, 0.25) is 0 Å². The number of hydrogen-bond acceptors (Lipinski definition) is 2. The second kappa shape index (κ2) is 8.22. The smallest absolute Gasteiger partial charge is 0.0124 e. The van der Waals surface area contributed by atoms with Gasteiger partial charge < -0.3 is 4.90 Å². The van der Waals surface area contributed by atoms with Crippen LogP contribution in [-0.2, 0) is 5.41 Å². The third-order valence-electron chi connectivity index (χ3n) is 6.93. The van der Waals surface area contributed by atoms with Crippen molar-refractivity contribution in [2.75, 3.05) is 26.2 Å². The van der Waals surface area contributed by atoms with Crippen LogP contribution in [0.15, 0.2) is 30.3 Å². The Labute approximate surface area is 155 Å². The molecule has 2 bridgehead atoms. The number of likely N-dealkylation sites (N-methyl/N-ethyl adjacent to an activating group) is 1. The van der Waals surface area contributed by atoms with Gasteiger partial charge in [0, 0.05) is 30.6 Å². The van der Waals surface area contributed by atoms with Crippen LogP contribution in [0.4, 0.5) is 0 Å². The number of benzene rings is 1. The lowest BCUT2D eigenvalue weighted by atomic mass is 9.80. The number of likely N-dealkylation sites (tertiary alicyclic amines) is 1. The molecule has 2 nitrogen and oxygen atoms in total. The molecule has 2 heteroatoms. The van der Waals surface area contributed by atoms with Crippen LogP contribution in [0, 0.1) is 5.92 Å². The molecule has 3 saturated heterocycles. The minimum atomic E-state index is 0.553. The van der Waals surface area contributed by atoms with E-state index in [1.165, 1.54) is 58.3 Å². The predicted octanol–water partition coefficient (Wildman–Crippen LogP) is 4.94. The molecule has 5 aliphatic rings. The molecule has 2 saturated carbocycles. The zero-order valence-electron chi connectivity index (χ0n) is 16.9. The lowest BCUT2D eigenvalue weighted by Gasteiger charge is -2.52. The highest BCUT2D eigenvalue weighted by Gasteiger charge is 2.60. The Hall–Kier alpha value is -0.860. The van der Waals surface area contributed by atoms with Gasteiger partial charge in [-0.05, 0) is 50.3 Å². The van der Waals surface area contributed by atoms with E-state index < -0.39 is 0 Å². The van der Waals surface area contributed by atoms with Crippen molar-refractivity contribution in [3.05, 3.63) is 35.9 Å². The molecule has 5 fully saturated rings. The second-order valence-corrected chi connectivity index (χ2v) is 8.06.